The summed E-state index contributed by atoms with van der Waals surface area (Å²) in [6.07, 6.45) is 0. The Hall–Kier alpha value is -5.72. The number of phenolic OH excluding ortho intramolecular Hbond substituents is 1. The lowest BCUT2D eigenvalue weighted by Crippen LogP contribution is -2.11. The summed E-state index contributed by atoms with van der Waals surface area (Å²) < 4.78 is 52.5. The minimum absolute atomic E-state index is 0.0148. The van der Waals surface area contributed by atoms with Gasteiger partial charge in [0, 0.05) is 11.1 Å². The monoisotopic (exact) mass is 549 g/mol. The first-order valence-corrected chi connectivity index (χ1v) is 11.3. The maximum absolute atomic E-state index is 15.7. The Morgan fingerprint density at radius 1 is 0.825 bits per heavy atom. The van der Waals surface area contributed by atoms with Crippen molar-refractivity contribution >= 4 is 17.6 Å². The highest BCUT2D eigenvalue weighted by atomic mass is 19.1. The predicted molar refractivity (Wildman–Crippen MR) is 139 cm³/mol. The van der Waals surface area contributed by atoms with E-state index in [1.807, 2.05) is 0 Å². The van der Waals surface area contributed by atoms with Gasteiger partial charge in [0.2, 0.25) is 17.4 Å². The SMILES string of the molecule is COC(=O)c1ccccc1Oc1c(F)c(Oc2cccc(C(=N)N)c2)nc(Oc2cc(C(=N)N)ccc2O)c1F. The van der Waals surface area contributed by atoms with Crippen molar-refractivity contribution in [2.24, 2.45) is 11.5 Å². The molecule has 0 aliphatic rings. The molecule has 204 valence electrons. The smallest absolute Gasteiger partial charge is 0.341 e. The van der Waals surface area contributed by atoms with Crippen LogP contribution in [0, 0.1) is 22.5 Å². The molecule has 3 aromatic carbocycles. The molecule has 0 aliphatic carbocycles. The molecule has 0 atom stereocenters. The number of carbonyl (C=O) groups excluding carboxylic acids is 1. The Bertz CT molecular complexity index is 1650. The second-order valence-electron chi connectivity index (χ2n) is 8.01. The first-order valence-electron chi connectivity index (χ1n) is 11.3. The van der Waals surface area contributed by atoms with E-state index in [1.165, 1.54) is 54.6 Å². The number of aromatic hydroxyl groups is 1. The molecular formula is C27H21F2N5O6. The van der Waals surface area contributed by atoms with Crippen LogP contribution in [-0.2, 0) is 4.74 Å². The molecule has 40 heavy (non-hydrogen) atoms. The summed E-state index contributed by atoms with van der Waals surface area (Å²) in [7, 11) is 1.13. The number of pyridine rings is 1. The highest BCUT2D eigenvalue weighted by Crippen LogP contribution is 2.41. The van der Waals surface area contributed by atoms with Gasteiger partial charge >= 0.3 is 5.97 Å². The van der Waals surface area contributed by atoms with E-state index in [0.29, 0.717) is 0 Å². The van der Waals surface area contributed by atoms with E-state index in [-0.39, 0.29) is 45.6 Å². The lowest BCUT2D eigenvalue weighted by molar-refractivity contribution is 0.0597. The first-order chi connectivity index (χ1) is 19.1. The van der Waals surface area contributed by atoms with Gasteiger partial charge in [0.1, 0.15) is 28.7 Å². The molecule has 1 heterocycles. The van der Waals surface area contributed by atoms with E-state index in [1.54, 1.807) is 0 Å². The van der Waals surface area contributed by atoms with Crippen molar-refractivity contribution in [2.75, 3.05) is 7.11 Å². The van der Waals surface area contributed by atoms with Crippen LogP contribution >= 0.6 is 0 Å². The highest BCUT2D eigenvalue weighted by molar-refractivity contribution is 5.96. The second kappa shape index (κ2) is 11.3. The number of hydrogen-bond acceptors (Lipinski definition) is 9. The first kappa shape index (κ1) is 27.3. The number of esters is 1. The number of phenols is 1. The van der Waals surface area contributed by atoms with E-state index in [0.717, 1.165) is 19.2 Å². The van der Waals surface area contributed by atoms with Gasteiger partial charge in [0.25, 0.3) is 11.8 Å². The van der Waals surface area contributed by atoms with Crippen molar-refractivity contribution in [3.05, 3.63) is 95.1 Å². The average Bonchev–Trinajstić information content (AvgIpc) is 2.94. The molecule has 0 amide bonds. The maximum Gasteiger partial charge on any atom is 0.341 e. The van der Waals surface area contributed by atoms with Gasteiger partial charge in [-0.25, -0.2) is 4.79 Å². The molecule has 0 unspecified atom stereocenters. The number of nitrogen functional groups attached to an aromatic ring is 2. The minimum Gasteiger partial charge on any atom is -0.504 e. The van der Waals surface area contributed by atoms with Gasteiger partial charge in [-0.1, -0.05) is 24.3 Å². The van der Waals surface area contributed by atoms with E-state index < -0.39 is 40.9 Å². The summed E-state index contributed by atoms with van der Waals surface area (Å²) in [5, 5.41) is 25.4. The van der Waals surface area contributed by atoms with Gasteiger partial charge in [-0.15, -0.1) is 0 Å². The molecule has 0 saturated carbocycles. The Morgan fingerprint density at radius 3 is 2.15 bits per heavy atom. The third-order valence-electron chi connectivity index (χ3n) is 5.32. The molecule has 0 bridgehead atoms. The van der Waals surface area contributed by atoms with Gasteiger partial charge in [-0.2, -0.15) is 13.8 Å². The minimum atomic E-state index is -1.45. The number of hydrogen-bond donors (Lipinski definition) is 5. The lowest BCUT2D eigenvalue weighted by Gasteiger charge is -2.16. The third kappa shape index (κ3) is 5.72. The Balaban J connectivity index is 1.86. The number of nitrogens with one attached hydrogen (secondary N) is 2. The topological polar surface area (TPSA) is 187 Å². The molecule has 0 radical (unpaired) electrons. The van der Waals surface area contributed by atoms with Crippen LogP contribution in [0.1, 0.15) is 21.5 Å². The summed E-state index contributed by atoms with van der Waals surface area (Å²) in [5.74, 6) is -8.19. The van der Waals surface area contributed by atoms with Gasteiger partial charge in [0.15, 0.2) is 11.5 Å². The van der Waals surface area contributed by atoms with Gasteiger partial charge in [-0.3, -0.25) is 10.8 Å². The second-order valence-corrected chi connectivity index (χ2v) is 8.01. The van der Waals surface area contributed by atoms with E-state index >= 15 is 8.78 Å². The maximum atomic E-state index is 15.7. The van der Waals surface area contributed by atoms with Crippen LogP contribution < -0.4 is 25.7 Å². The average molecular weight is 549 g/mol. The van der Waals surface area contributed by atoms with E-state index in [2.05, 4.69) is 4.98 Å². The third-order valence-corrected chi connectivity index (χ3v) is 5.32. The number of aromatic nitrogens is 1. The number of nitrogens with zero attached hydrogens (tertiary/aromatic N) is 1. The standard InChI is InChI=1S/C27H21F2N5O6/c1-37-27(36)16-7-2-3-8-18(16)39-22-20(28)25(38-15-6-4-5-13(11-15)23(30)31)34-26(21(22)29)40-19-12-14(24(32)33)9-10-17(19)35/h2-12,35H,1H3,(H3,30,31)(H3,32,33). The van der Waals surface area contributed by atoms with Gasteiger partial charge in [0.05, 0.1) is 7.11 Å². The van der Waals surface area contributed by atoms with Crippen molar-refractivity contribution in [3.63, 3.8) is 0 Å². The fraction of sp³-hybridized carbons (Fsp3) is 0.0370. The van der Waals surface area contributed by atoms with Crippen LogP contribution in [0.3, 0.4) is 0 Å². The van der Waals surface area contributed by atoms with Crippen LogP contribution in [0.15, 0.2) is 66.7 Å². The van der Waals surface area contributed by atoms with Crippen LogP contribution in [0.25, 0.3) is 0 Å². The number of halogens is 2. The number of carbonyl (C=O) groups is 1. The molecular weight excluding hydrogens is 528 g/mol. The zero-order valence-electron chi connectivity index (χ0n) is 20.7. The fourth-order valence-electron chi connectivity index (χ4n) is 3.36. The number of nitrogens with two attached hydrogens (primary N) is 2. The lowest BCUT2D eigenvalue weighted by atomic mass is 10.2. The van der Waals surface area contributed by atoms with Crippen molar-refractivity contribution < 1.29 is 37.6 Å². The Labute approximate surface area is 225 Å². The zero-order chi connectivity index (χ0) is 29.0. The molecule has 7 N–H and O–H groups in total. The Kier molecular flexibility index (Phi) is 7.75. The fourth-order valence-corrected chi connectivity index (χ4v) is 3.36. The normalized spacial score (nSPS) is 10.5. The molecule has 13 heteroatoms. The number of amidine groups is 2. The molecule has 4 aromatic rings. The predicted octanol–water partition coefficient (Wildman–Crippen LogP) is 4.80. The molecule has 11 nitrogen and oxygen atoms in total. The zero-order valence-corrected chi connectivity index (χ0v) is 20.7. The highest BCUT2D eigenvalue weighted by Gasteiger charge is 2.28. The molecule has 1 aromatic heterocycles. The van der Waals surface area contributed by atoms with Crippen molar-refractivity contribution in [1.82, 2.24) is 4.98 Å². The molecule has 0 spiro atoms. The molecule has 4 rings (SSSR count). The molecule has 0 aliphatic heterocycles. The number of ether oxygens (including phenoxy) is 4. The molecule has 0 saturated heterocycles. The summed E-state index contributed by atoms with van der Waals surface area (Å²) in [5.41, 5.74) is 11.2. The number of rotatable bonds is 9. The summed E-state index contributed by atoms with van der Waals surface area (Å²) in [6.45, 7) is 0. The van der Waals surface area contributed by atoms with Crippen LogP contribution in [-0.4, -0.2) is 34.8 Å². The summed E-state index contributed by atoms with van der Waals surface area (Å²) in [6, 6.07) is 14.9. The number of methoxy groups -OCH3 is 1. The van der Waals surface area contributed by atoms with Crippen LogP contribution in [0.4, 0.5) is 8.78 Å². The number of para-hydroxylation sites is 1. The molecule has 0 fully saturated rings. The van der Waals surface area contributed by atoms with Crippen molar-refractivity contribution in [3.8, 4) is 40.5 Å². The summed E-state index contributed by atoms with van der Waals surface area (Å²) >= 11 is 0. The van der Waals surface area contributed by atoms with Crippen LogP contribution in [0.5, 0.6) is 40.5 Å². The van der Waals surface area contributed by atoms with Gasteiger partial charge < -0.3 is 35.5 Å². The van der Waals surface area contributed by atoms with Crippen molar-refractivity contribution in [1.29, 1.82) is 10.8 Å². The number of benzene rings is 3. The largest absolute Gasteiger partial charge is 0.504 e. The Morgan fingerprint density at radius 2 is 1.48 bits per heavy atom. The quantitative estimate of drug-likeness (QED) is 0.111. The van der Waals surface area contributed by atoms with E-state index in [9.17, 15) is 9.90 Å². The van der Waals surface area contributed by atoms with Crippen LogP contribution in [0.2, 0.25) is 0 Å². The van der Waals surface area contributed by atoms with E-state index in [4.69, 9.17) is 41.2 Å². The van der Waals surface area contributed by atoms with Crippen molar-refractivity contribution in [2.45, 2.75) is 0 Å². The van der Waals surface area contributed by atoms with Gasteiger partial charge in [-0.05, 0) is 42.5 Å². The summed E-state index contributed by atoms with van der Waals surface area (Å²) in [4.78, 5) is 16.0.